The van der Waals surface area contributed by atoms with E-state index in [2.05, 4.69) is 5.32 Å². The molecule has 0 unspecified atom stereocenters. The van der Waals surface area contributed by atoms with Gasteiger partial charge in [-0.2, -0.15) is 4.31 Å². The van der Waals surface area contributed by atoms with Crippen LogP contribution in [0.25, 0.3) is 0 Å². The number of methoxy groups -OCH3 is 1. The highest BCUT2D eigenvalue weighted by molar-refractivity contribution is 7.89. The Labute approximate surface area is 222 Å². The van der Waals surface area contributed by atoms with Gasteiger partial charge in [-0.3, -0.25) is 4.79 Å². The topological polar surface area (TPSA) is 122 Å². The molecule has 0 aliphatic heterocycles. The van der Waals surface area contributed by atoms with Gasteiger partial charge in [0.05, 0.1) is 18.1 Å². The maximum atomic E-state index is 13.6. The minimum Gasteiger partial charge on any atom is -0.497 e. The van der Waals surface area contributed by atoms with Crippen molar-refractivity contribution >= 4 is 15.9 Å². The number of amides is 1. The molecule has 0 aliphatic rings. The SMILES string of the molecule is COc1ccc(S(=O)(=O)N(CC(C)C)C[C@H](O)[C@@H](Cc2ccccc2)NC[C@@H](C)C(C)(C)C(N)=O)cc1. The second-order valence-electron chi connectivity index (χ2n) is 10.7. The van der Waals surface area contributed by atoms with Gasteiger partial charge in [0.15, 0.2) is 0 Å². The average molecular weight is 534 g/mol. The molecule has 0 fully saturated rings. The molecule has 3 atom stereocenters. The standard InChI is InChI=1S/C28H43N3O5S/c1-20(2)18-31(37(34,35)24-14-12-23(36-6)13-15-24)19-26(32)25(16-22-10-8-7-9-11-22)30-17-21(3)28(4,5)27(29)33/h7-15,20-21,25-26,30,32H,16-19H2,1-6H3,(H2,29,33)/t21-,25-,26+/m1/s1. The molecule has 9 heteroatoms. The van der Waals surface area contributed by atoms with E-state index in [0.717, 1.165) is 5.56 Å². The normalized spacial score (nSPS) is 14.9. The van der Waals surface area contributed by atoms with Crippen LogP contribution in [-0.2, 0) is 21.2 Å². The fourth-order valence-electron chi connectivity index (χ4n) is 3.95. The van der Waals surface area contributed by atoms with Crippen LogP contribution in [0.1, 0.15) is 40.2 Å². The van der Waals surface area contributed by atoms with Crippen molar-refractivity contribution in [1.29, 1.82) is 0 Å². The maximum Gasteiger partial charge on any atom is 0.243 e. The van der Waals surface area contributed by atoms with Crippen LogP contribution in [0.2, 0.25) is 0 Å². The Morgan fingerprint density at radius 2 is 1.65 bits per heavy atom. The van der Waals surface area contributed by atoms with Crippen molar-refractivity contribution in [3.63, 3.8) is 0 Å². The quantitative estimate of drug-likeness (QED) is 0.324. The third-order valence-electron chi connectivity index (χ3n) is 6.97. The van der Waals surface area contributed by atoms with Gasteiger partial charge in [0, 0.05) is 24.5 Å². The molecule has 0 bridgehead atoms. The van der Waals surface area contributed by atoms with Gasteiger partial charge >= 0.3 is 0 Å². The molecule has 4 N–H and O–H groups in total. The minimum absolute atomic E-state index is 0.0529. The van der Waals surface area contributed by atoms with Gasteiger partial charge in [-0.15, -0.1) is 0 Å². The minimum atomic E-state index is -3.86. The van der Waals surface area contributed by atoms with Crippen molar-refractivity contribution in [2.45, 2.75) is 58.1 Å². The lowest BCUT2D eigenvalue weighted by atomic mass is 9.79. The summed E-state index contributed by atoms with van der Waals surface area (Å²) < 4.78 is 33.6. The number of aliphatic hydroxyl groups is 1. The second-order valence-corrected chi connectivity index (χ2v) is 12.6. The molecule has 0 radical (unpaired) electrons. The van der Waals surface area contributed by atoms with Crippen LogP contribution >= 0.6 is 0 Å². The summed E-state index contributed by atoms with van der Waals surface area (Å²) >= 11 is 0. The van der Waals surface area contributed by atoms with Crippen molar-refractivity contribution in [2.24, 2.45) is 23.0 Å². The van der Waals surface area contributed by atoms with Crippen molar-refractivity contribution in [3.05, 3.63) is 60.2 Å². The van der Waals surface area contributed by atoms with E-state index in [1.807, 2.05) is 51.1 Å². The lowest BCUT2D eigenvalue weighted by molar-refractivity contribution is -0.128. The van der Waals surface area contributed by atoms with Gasteiger partial charge < -0.3 is 20.9 Å². The summed E-state index contributed by atoms with van der Waals surface area (Å²) in [6.07, 6.45) is -0.514. The number of carbonyl (C=O) groups is 1. The van der Waals surface area contributed by atoms with Gasteiger partial charge in [-0.05, 0) is 54.6 Å². The zero-order chi connectivity index (χ0) is 27.8. The number of nitrogens with one attached hydrogen (secondary N) is 1. The zero-order valence-electron chi connectivity index (χ0n) is 22.8. The van der Waals surface area contributed by atoms with Crippen LogP contribution in [-0.4, -0.2) is 62.6 Å². The predicted molar refractivity (Wildman–Crippen MR) is 147 cm³/mol. The Morgan fingerprint density at radius 3 is 2.16 bits per heavy atom. The van der Waals surface area contributed by atoms with Gasteiger partial charge in [0.1, 0.15) is 5.75 Å². The van der Waals surface area contributed by atoms with E-state index >= 15 is 0 Å². The van der Waals surface area contributed by atoms with Crippen LogP contribution in [0.4, 0.5) is 0 Å². The van der Waals surface area contributed by atoms with Crippen molar-refractivity contribution in [3.8, 4) is 5.75 Å². The maximum absolute atomic E-state index is 13.6. The highest BCUT2D eigenvalue weighted by Gasteiger charge is 2.34. The van der Waals surface area contributed by atoms with Gasteiger partial charge in [-0.1, -0.05) is 65.0 Å². The van der Waals surface area contributed by atoms with E-state index in [-0.39, 0.29) is 29.8 Å². The smallest absolute Gasteiger partial charge is 0.243 e. The fourth-order valence-corrected chi connectivity index (χ4v) is 5.57. The molecule has 8 nitrogen and oxygen atoms in total. The zero-order valence-corrected chi connectivity index (χ0v) is 23.7. The number of nitrogens with two attached hydrogens (primary N) is 1. The van der Waals surface area contributed by atoms with Crippen LogP contribution in [0, 0.1) is 17.3 Å². The van der Waals surface area contributed by atoms with Gasteiger partial charge in [0.25, 0.3) is 0 Å². The van der Waals surface area contributed by atoms with E-state index in [4.69, 9.17) is 10.5 Å². The first-order valence-electron chi connectivity index (χ1n) is 12.7. The van der Waals surface area contributed by atoms with Crippen molar-refractivity contribution in [2.75, 3.05) is 26.7 Å². The van der Waals surface area contributed by atoms with E-state index in [0.29, 0.717) is 18.7 Å². The van der Waals surface area contributed by atoms with Crippen molar-refractivity contribution < 1.29 is 23.1 Å². The van der Waals surface area contributed by atoms with E-state index in [1.165, 1.54) is 23.5 Å². The number of sulfonamides is 1. The molecule has 0 aromatic heterocycles. The molecule has 37 heavy (non-hydrogen) atoms. The Bertz CT molecular complexity index is 1090. The van der Waals surface area contributed by atoms with Gasteiger partial charge in [0.2, 0.25) is 15.9 Å². The number of carbonyl (C=O) groups excluding carboxylic acids is 1. The van der Waals surface area contributed by atoms with Crippen molar-refractivity contribution in [1.82, 2.24) is 9.62 Å². The van der Waals surface area contributed by atoms with Crippen LogP contribution in [0.3, 0.4) is 0 Å². The molecule has 0 aliphatic carbocycles. The third kappa shape index (κ3) is 8.53. The van der Waals surface area contributed by atoms with Crippen LogP contribution in [0.5, 0.6) is 5.75 Å². The van der Waals surface area contributed by atoms with Crippen LogP contribution in [0.15, 0.2) is 59.5 Å². The first kappa shape index (κ1) is 30.8. The molecule has 0 saturated heterocycles. The number of ether oxygens (including phenoxy) is 1. The van der Waals surface area contributed by atoms with E-state index in [1.54, 1.807) is 26.0 Å². The third-order valence-corrected chi connectivity index (χ3v) is 8.82. The van der Waals surface area contributed by atoms with Crippen LogP contribution < -0.4 is 15.8 Å². The summed E-state index contributed by atoms with van der Waals surface area (Å²) in [7, 11) is -2.34. The molecule has 2 rings (SSSR count). The molecule has 2 aromatic rings. The highest BCUT2D eigenvalue weighted by Crippen LogP contribution is 2.26. The molecular weight excluding hydrogens is 490 g/mol. The molecule has 2 aromatic carbocycles. The molecule has 0 spiro atoms. The summed E-state index contributed by atoms with van der Waals surface area (Å²) in [6, 6.07) is 15.5. The summed E-state index contributed by atoms with van der Waals surface area (Å²) in [5.41, 5.74) is 5.87. The summed E-state index contributed by atoms with van der Waals surface area (Å²) in [6.45, 7) is 10.0. The molecule has 0 saturated carbocycles. The Balaban J connectivity index is 2.30. The molecule has 1 amide bonds. The van der Waals surface area contributed by atoms with E-state index < -0.39 is 33.5 Å². The average Bonchev–Trinajstić information content (AvgIpc) is 2.86. The molecular formula is C28H43N3O5S. The lowest BCUT2D eigenvalue weighted by Crippen LogP contribution is -2.51. The highest BCUT2D eigenvalue weighted by atomic mass is 32.2. The Kier molecular flexibility index (Phi) is 11.1. The number of benzene rings is 2. The monoisotopic (exact) mass is 533 g/mol. The summed E-state index contributed by atoms with van der Waals surface area (Å²) in [5.74, 6) is 0.118. The number of rotatable bonds is 15. The number of primary amides is 1. The first-order chi connectivity index (χ1) is 17.3. The van der Waals surface area contributed by atoms with Gasteiger partial charge in [-0.25, -0.2) is 8.42 Å². The van der Waals surface area contributed by atoms with E-state index in [9.17, 15) is 18.3 Å². The lowest BCUT2D eigenvalue weighted by Gasteiger charge is -2.33. The second kappa shape index (κ2) is 13.4. The molecule has 0 heterocycles. The first-order valence-corrected chi connectivity index (χ1v) is 14.1. The predicted octanol–water partition coefficient (Wildman–Crippen LogP) is 3.05. The number of hydrogen-bond acceptors (Lipinski definition) is 6. The fraction of sp³-hybridized carbons (Fsp3) is 0.536. The Morgan fingerprint density at radius 1 is 1.05 bits per heavy atom. The number of aliphatic hydroxyl groups excluding tert-OH is 1. The largest absolute Gasteiger partial charge is 0.497 e. The number of nitrogens with zero attached hydrogens (tertiary/aromatic N) is 1. The molecule has 206 valence electrons. The Hall–Kier alpha value is -2.46. The summed E-state index contributed by atoms with van der Waals surface area (Å²) in [4.78, 5) is 12.1. The number of hydrogen-bond donors (Lipinski definition) is 3. The summed E-state index contributed by atoms with van der Waals surface area (Å²) in [5, 5.41) is 14.8.